The molecule has 0 spiro atoms. The van der Waals surface area contributed by atoms with Gasteiger partial charge in [0, 0.05) is 0 Å². The van der Waals surface area contributed by atoms with Gasteiger partial charge in [-0.25, -0.2) is 0 Å². The highest BCUT2D eigenvalue weighted by Crippen LogP contribution is 2.41. The normalized spacial score (nSPS) is 32.7. The Morgan fingerprint density at radius 3 is 2.40 bits per heavy atom. The quantitative estimate of drug-likeness (QED) is 0.688. The summed E-state index contributed by atoms with van der Waals surface area (Å²) in [6, 6.07) is 0. The highest BCUT2D eigenvalue weighted by molar-refractivity contribution is 4.95. The highest BCUT2D eigenvalue weighted by atomic mass is 16.3. The minimum Gasteiger partial charge on any atom is -0.393 e. The van der Waals surface area contributed by atoms with Gasteiger partial charge in [0.25, 0.3) is 0 Å². The Morgan fingerprint density at radius 2 is 1.93 bits per heavy atom. The van der Waals surface area contributed by atoms with Crippen LogP contribution in [0.5, 0.6) is 0 Å². The number of allylic oxidation sites excluding steroid dienone is 1. The Morgan fingerprint density at radius 1 is 1.33 bits per heavy atom. The average molecular weight is 210 g/mol. The maximum absolute atomic E-state index is 9.96. The summed E-state index contributed by atoms with van der Waals surface area (Å²) in [5.74, 6) is 1.20. The van der Waals surface area contributed by atoms with Gasteiger partial charge in [-0.15, -0.1) is 6.58 Å². The molecule has 88 valence electrons. The maximum atomic E-state index is 9.96. The van der Waals surface area contributed by atoms with Crippen LogP contribution < -0.4 is 0 Å². The van der Waals surface area contributed by atoms with E-state index < -0.39 is 0 Å². The van der Waals surface area contributed by atoms with Crippen LogP contribution in [0.25, 0.3) is 0 Å². The van der Waals surface area contributed by atoms with Gasteiger partial charge in [0.2, 0.25) is 0 Å². The van der Waals surface area contributed by atoms with Crippen molar-refractivity contribution in [3.63, 3.8) is 0 Å². The first kappa shape index (κ1) is 12.8. The average Bonchev–Trinajstić information content (AvgIpc) is 2.06. The van der Waals surface area contributed by atoms with Crippen molar-refractivity contribution in [3.8, 4) is 0 Å². The van der Waals surface area contributed by atoms with Crippen LogP contribution >= 0.6 is 0 Å². The van der Waals surface area contributed by atoms with E-state index in [4.69, 9.17) is 0 Å². The molecule has 0 bridgehead atoms. The summed E-state index contributed by atoms with van der Waals surface area (Å²) >= 11 is 0. The van der Waals surface area contributed by atoms with Crippen LogP contribution in [0.2, 0.25) is 0 Å². The molecule has 0 aromatic rings. The fourth-order valence-electron chi connectivity index (χ4n) is 2.70. The lowest BCUT2D eigenvalue weighted by atomic mass is 9.67. The van der Waals surface area contributed by atoms with E-state index in [2.05, 4.69) is 34.3 Å². The van der Waals surface area contributed by atoms with Gasteiger partial charge in [-0.1, -0.05) is 26.3 Å². The fourth-order valence-corrected chi connectivity index (χ4v) is 2.70. The number of aliphatic hydroxyl groups excluding tert-OH is 1. The van der Waals surface area contributed by atoms with Gasteiger partial charge < -0.3 is 5.11 Å². The summed E-state index contributed by atoms with van der Waals surface area (Å²) in [5.41, 5.74) is 1.58. The van der Waals surface area contributed by atoms with Crippen LogP contribution in [-0.2, 0) is 0 Å². The van der Waals surface area contributed by atoms with Crippen LogP contribution in [0, 0.1) is 17.3 Å². The summed E-state index contributed by atoms with van der Waals surface area (Å²) in [4.78, 5) is 0. The Balaban J connectivity index is 2.60. The smallest absolute Gasteiger partial charge is 0.0571 e. The van der Waals surface area contributed by atoms with E-state index in [-0.39, 0.29) is 6.10 Å². The third-order valence-electron chi connectivity index (χ3n) is 3.78. The Bertz CT molecular complexity index is 224. The van der Waals surface area contributed by atoms with Gasteiger partial charge in [-0.3, -0.25) is 0 Å². The first-order chi connectivity index (χ1) is 6.80. The van der Waals surface area contributed by atoms with Crippen LogP contribution in [0.1, 0.15) is 53.4 Å². The second-order valence-electron chi connectivity index (χ2n) is 6.36. The molecule has 0 aromatic heterocycles. The van der Waals surface area contributed by atoms with Crippen molar-refractivity contribution in [1.82, 2.24) is 0 Å². The molecular formula is C14H26O. The minimum atomic E-state index is -0.0969. The zero-order chi connectivity index (χ0) is 11.6. The molecule has 0 radical (unpaired) electrons. The molecule has 1 fully saturated rings. The Kier molecular flexibility index (Phi) is 3.99. The van der Waals surface area contributed by atoms with E-state index in [1.807, 2.05) is 0 Å². The van der Waals surface area contributed by atoms with E-state index >= 15 is 0 Å². The Hall–Kier alpha value is -0.300. The van der Waals surface area contributed by atoms with Crippen molar-refractivity contribution in [3.05, 3.63) is 12.2 Å². The number of hydrogen-bond donors (Lipinski definition) is 1. The molecule has 1 aliphatic carbocycles. The molecule has 1 aliphatic rings. The van der Waals surface area contributed by atoms with Gasteiger partial charge in [0.1, 0.15) is 0 Å². The molecule has 1 rings (SSSR count). The zero-order valence-electron chi connectivity index (χ0n) is 10.7. The highest BCUT2D eigenvalue weighted by Gasteiger charge is 2.34. The predicted octanol–water partition coefficient (Wildman–Crippen LogP) is 3.78. The lowest BCUT2D eigenvalue weighted by Gasteiger charge is -2.40. The van der Waals surface area contributed by atoms with Gasteiger partial charge in [0.15, 0.2) is 0 Å². The molecule has 0 saturated heterocycles. The van der Waals surface area contributed by atoms with Crippen molar-refractivity contribution in [2.75, 3.05) is 0 Å². The molecule has 1 nitrogen and oxygen atoms in total. The molecule has 1 heteroatoms. The largest absolute Gasteiger partial charge is 0.393 e. The van der Waals surface area contributed by atoms with Crippen LogP contribution in [0.15, 0.2) is 12.2 Å². The molecule has 3 unspecified atom stereocenters. The first-order valence-electron chi connectivity index (χ1n) is 6.13. The predicted molar refractivity (Wildman–Crippen MR) is 65.7 cm³/mol. The molecule has 0 aromatic carbocycles. The summed E-state index contributed by atoms with van der Waals surface area (Å²) in [6.45, 7) is 13.0. The fraction of sp³-hybridized carbons (Fsp3) is 0.857. The molecular weight excluding hydrogens is 184 g/mol. The first-order valence-corrected chi connectivity index (χ1v) is 6.13. The van der Waals surface area contributed by atoms with Crippen molar-refractivity contribution in [2.24, 2.45) is 17.3 Å². The van der Waals surface area contributed by atoms with Crippen LogP contribution in [0.4, 0.5) is 0 Å². The van der Waals surface area contributed by atoms with Crippen molar-refractivity contribution in [2.45, 2.75) is 59.5 Å². The van der Waals surface area contributed by atoms with Gasteiger partial charge in [-0.2, -0.15) is 0 Å². The van der Waals surface area contributed by atoms with Crippen molar-refractivity contribution < 1.29 is 5.11 Å². The van der Waals surface area contributed by atoms with Crippen LogP contribution in [0.3, 0.4) is 0 Å². The van der Waals surface area contributed by atoms with E-state index in [9.17, 15) is 5.11 Å². The van der Waals surface area contributed by atoms with Gasteiger partial charge in [-0.05, 0) is 49.9 Å². The molecule has 0 amide bonds. The van der Waals surface area contributed by atoms with Gasteiger partial charge in [0.05, 0.1) is 6.10 Å². The second kappa shape index (κ2) is 4.69. The third kappa shape index (κ3) is 3.64. The molecule has 15 heavy (non-hydrogen) atoms. The van der Waals surface area contributed by atoms with Gasteiger partial charge >= 0.3 is 0 Å². The lowest BCUT2D eigenvalue weighted by Crippen LogP contribution is -2.34. The topological polar surface area (TPSA) is 20.2 Å². The molecule has 3 atom stereocenters. The van der Waals surface area contributed by atoms with E-state index in [1.54, 1.807) is 0 Å². The zero-order valence-corrected chi connectivity index (χ0v) is 10.7. The molecule has 1 saturated carbocycles. The lowest BCUT2D eigenvalue weighted by molar-refractivity contribution is 0.0197. The standard InChI is InChI=1S/C14H26O/c1-10(2)8-11-9-12(14(3,4)5)6-7-13(11)15/h11-13,15H,1,6-9H2,2-5H3. The SMILES string of the molecule is C=C(C)CC1CC(C(C)(C)C)CCC1O. The maximum Gasteiger partial charge on any atom is 0.0571 e. The number of aliphatic hydroxyl groups is 1. The summed E-state index contributed by atoms with van der Waals surface area (Å²) in [6.07, 6.45) is 4.21. The van der Waals surface area contributed by atoms with E-state index in [0.29, 0.717) is 11.3 Å². The minimum absolute atomic E-state index is 0.0969. The second-order valence-corrected chi connectivity index (χ2v) is 6.36. The third-order valence-corrected chi connectivity index (χ3v) is 3.78. The Labute approximate surface area is 94.6 Å². The monoisotopic (exact) mass is 210 g/mol. The number of rotatable bonds is 2. The molecule has 0 aliphatic heterocycles. The van der Waals surface area contributed by atoms with E-state index in [0.717, 1.165) is 25.2 Å². The van der Waals surface area contributed by atoms with Crippen molar-refractivity contribution >= 4 is 0 Å². The summed E-state index contributed by atoms with van der Waals surface area (Å²) < 4.78 is 0. The van der Waals surface area contributed by atoms with E-state index in [1.165, 1.54) is 12.0 Å². The molecule has 0 heterocycles. The molecule has 1 N–H and O–H groups in total. The van der Waals surface area contributed by atoms with Crippen molar-refractivity contribution in [1.29, 1.82) is 0 Å². The van der Waals surface area contributed by atoms with Crippen LogP contribution in [-0.4, -0.2) is 11.2 Å². The summed E-state index contributed by atoms with van der Waals surface area (Å²) in [7, 11) is 0. The summed E-state index contributed by atoms with van der Waals surface area (Å²) in [5, 5.41) is 9.96. The number of hydrogen-bond acceptors (Lipinski definition) is 1.